The second-order valence-electron chi connectivity index (χ2n) is 6.94. The Kier molecular flexibility index (Phi) is 2.30. The molecule has 1 aromatic rings. The van der Waals surface area contributed by atoms with Gasteiger partial charge in [-0.15, -0.1) is 0 Å². The summed E-state index contributed by atoms with van der Waals surface area (Å²) in [6, 6.07) is 3.69. The van der Waals surface area contributed by atoms with Gasteiger partial charge in [-0.1, -0.05) is 6.07 Å². The number of carboxylic acid groups (broad SMARTS) is 1. The second kappa shape index (κ2) is 3.81. The Labute approximate surface area is 113 Å². The molecule has 1 heterocycles. The second-order valence-corrected chi connectivity index (χ2v) is 6.94. The van der Waals surface area contributed by atoms with Gasteiger partial charge in [-0.25, -0.2) is 9.78 Å². The van der Waals surface area contributed by atoms with E-state index in [1.54, 1.807) is 6.07 Å². The lowest BCUT2D eigenvalue weighted by molar-refractivity contribution is -0.00536. The van der Waals surface area contributed by atoms with Crippen molar-refractivity contribution in [2.75, 3.05) is 0 Å². The molecule has 5 rings (SSSR count). The molecule has 0 saturated heterocycles. The van der Waals surface area contributed by atoms with Gasteiger partial charge >= 0.3 is 5.97 Å². The molecule has 3 heteroatoms. The van der Waals surface area contributed by atoms with Crippen LogP contribution in [-0.4, -0.2) is 16.1 Å². The van der Waals surface area contributed by atoms with E-state index >= 15 is 0 Å². The zero-order valence-electron chi connectivity index (χ0n) is 11.0. The van der Waals surface area contributed by atoms with Crippen molar-refractivity contribution < 1.29 is 9.90 Å². The van der Waals surface area contributed by atoms with Gasteiger partial charge in [-0.05, 0) is 73.3 Å². The lowest BCUT2D eigenvalue weighted by Crippen LogP contribution is -2.48. The van der Waals surface area contributed by atoms with Crippen molar-refractivity contribution in [3.8, 4) is 0 Å². The highest BCUT2D eigenvalue weighted by Crippen LogP contribution is 2.60. The number of carboxylic acids is 1. The van der Waals surface area contributed by atoms with Crippen LogP contribution in [0.3, 0.4) is 0 Å². The van der Waals surface area contributed by atoms with Crippen LogP contribution in [0.25, 0.3) is 0 Å². The summed E-state index contributed by atoms with van der Waals surface area (Å²) in [6.07, 6.45) is 10.0. The van der Waals surface area contributed by atoms with Crippen molar-refractivity contribution in [1.29, 1.82) is 0 Å². The number of pyridine rings is 1. The largest absolute Gasteiger partial charge is 0.477 e. The third-order valence-corrected chi connectivity index (χ3v) is 5.63. The minimum Gasteiger partial charge on any atom is -0.477 e. The first-order chi connectivity index (χ1) is 9.14. The van der Waals surface area contributed by atoms with E-state index in [1.807, 2.05) is 12.3 Å². The molecule has 0 unspecified atom stereocenters. The first kappa shape index (κ1) is 11.4. The molecule has 3 nitrogen and oxygen atoms in total. The molecular formula is C16H19NO2. The molecule has 0 aromatic carbocycles. The summed E-state index contributed by atoms with van der Waals surface area (Å²) in [5.74, 6) is 1.79. The van der Waals surface area contributed by atoms with E-state index in [-0.39, 0.29) is 5.69 Å². The van der Waals surface area contributed by atoms with Gasteiger partial charge in [0, 0.05) is 6.20 Å². The molecule has 4 bridgehead atoms. The minimum atomic E-state index is -0.933. The average Bonchev–Trinajstić information content (AvgIpc) is 2.37. The molecule has 0 atom stereocenters. The van der Waals surface area contributed by atoms with Crippen molar-refractivity contribution in [3.63, 3.8) is 0 Å². The van der Waals surface area contributed by atoms with Crippen molar-refractivity contribution in [1.82, 2.24) is 4.98 Å². The zero-order valence-corrected chi connectivity index (χ0v) is 11.0. The Balaban J connectivity index is 1.69. The number of hydrogen-bond donors (Lipinski definition) is 1. The van der Waals surface area contributed by atoms with Gasteiger partial charge in [0.1, 0.15) is 5.69 Å². The van der Waals surface area contributed by atoms with E-state index in [9.17, 15) is 4.79 Å². The minimum absolute atomic E-state index is 0.161. The molecular weight excluding hydrogens is 238 g/mol. The Morgan fingerprint density at radius 1 is 1.11 bits per heavy atom. The number of rotatable bonds is 2. The van der Waals surface area contributed by atoms with Gasteiger partial charge < -0.3 is 5.11 Å². The van der Waals surface area contributed by atoms with E-state index in [1.165, 1.54) is 44.1 Å². The average molecular weight is 257 g/mol. The van der Waals surface area contributed by atoms with E-state index in [0.29, 0.717) is 5.41 Å². The number of hydrogen-bond acceptors (Lipinski definition) is 2. The molecule has 100 valence electrons. The lowest BCUT2D eigenvalue weighted by atomic mass is 9.48. The van der Waals surface area contributed by atoms with Gasteiger partial charge in [0.25, 0.3) is 0 Å². The zero-order chi connectivity index (χ0) is 13.0. The van der Waals surface area contributed by atoms with Gasteiger partial charge in [0.05, 0.1) is 0 Å². The third-order valence-electron chi connectivity index (χ3n) is 5.63. The summed E-state index contributed by atoms with van der Waals surface area (Å²) in [4.78, 5) is 15.0. The molecule has 4 aliphatic carbocycles. The van der Waals surface area contributed by atoms with Gasteiger partial charge in [0.15, 0.2) is 0 Å². The predicted molar refractivity (Wildman–Crippen MR) is 71.0 cm³/mol. The smallest absolute Gasteiger partial charge is 0.354 e. The molecule has 0 radical (unpaired) electrons. The maximum atomic E-state index is 10.9. The van der Waals surface area contributed by atoms with Crippen molar-refractivity contribution in [2.45, 2.75) is 43.9 Å². The first-order valence-electron chi connectivity index (χ1n) is 7.34. The number of carbonyl (C=O) groups is 1. The van der Waals surface area contributed by atoms with Crippen molar-refractivity contribution >= 4 is 5.97 Å². The highest BCUT2D eigenvalue weighted by atomic mass is 16.4. The van der Waals surface area contributed by atoms with E-state index in [0.717, 1.165) is 17.8 Å². The van der Waals surface area contributed by atoms with Crippen LogP contribution in [0.4, 0.5) is 0 Å². The Bertz CT molecular complexity index is 485. The number of aromatic carboxylic acids is 1. The lowest BCUT2D eigenvalue weighted by Gasteiger charge is -2.57. The SMILES string of the molecule is O=C(O)c1ccc(C23CC4CC(CC(C4)C2)C3)cn1. The summed E-state index contributed by atoms with van der Waals surface area (Å²) >= 11 is 0. The molecule has 0 aliphatic heterocycles. The summed E-state index contributed by atoms with van der Waals surface area (Å²) in [7, 11) is 0. The fourth-order valence-corrected chi connectivity index (χ4v) is 5.30. The van der Waals surface area contributed by atoms with Crippen LogP contribution >= 0.6 is 0 Å². The Morgan fingerprint density at radius 3 is 2.11 bits per heavy atom. The molecule has 0 spiro atoms. The highest BCUT2D eigenvalue weighted by molar-refractivity contribution is 5.85. The van der Waals surface area contributed by atoms with Gasteiger partial charge in [-0.3, -0.25) is 0 Å². The topological polar surface area (TPSA) is 50.2 Å². The summed E-state index contributed by atoms with van der Waals surface area (Å²) < 4.78 is 0. The van der Waals surface area contributed by atoms with Crippen LogP contribution in [0.5, 0.6) is 0 Å². The number of aromatic nitrogens is 1. The molecule has 4 fully saturated rings. The van der Waals surface area contributed by atoms with Crippen LogP contribution in [0, 0.1) is 17.8 Å². The van der Waals surface area contributed by atoms with Gasteiger partial charge in [0.2, 0.25) is 0 Å². The molecule has 19 heavy (non-hydrogen) atoms. The molecule has 1 N–H and O–H groups in total. The van der Waals surface area contributed by atoms with E-state index in [2.05, 4.69) is 4.98 Å². The predicted octanol–water partition coefficient (Wildman–Crippen LogP) is 3.25. The summed E-state index contributed by atoms with van der Waals surface area (Å²) in [5, 5.41) is 8.95. The van der Waals surface area contributed by atoms with Crippen molar-refractivity contribution in [2.24, 2.45) is 17.8 Å². The molecule has 4 aliphatic rings. The Morgan fingerprint density at radius 2 is 1.68 bits per heavy atom. The summed E-state index contributed by atoms with van der Waals surface area (Å²) in [6.45, 7) is 0. The van der Waals surface area contributed by atoms with Crippen LogP contribution < -0.4 is 0 Å². The normalized spacial score (nSPS) is 39.5. The Hall–Kier alpha value is -1.38. The molecule has 1 aromatic heterocycles. The van der Waals surface area contributed by atoms with Crippen LogP contribution in [0.2, 0.25) is 0 Å². The van der Waals surface area contributed by atoms with Crippen molar-refractivity contribution in [3.05, 3.63) is 29.6 Å². The van der Waals surface area contributed by atoms with Crippen LogP contribution in [0.1, 0.15) is 54.6 Å². The first-order valence-corrected chi connectivity index (χ1v) is 7.34. The maximum Gasteiger partial charge on any atom is 0.354 e. The van der Waals surface area contributed by atoms with Crippen LogP contribution in [0.15, 0.2) is 18.3 Å². The summed E-state index contributed by atoms with van der Waals surface area (Å²) in [5.41, 5.74) is 1.77. The fraction of sp³-hybridized carbons (Fsp3) is 0.625. The number of nitrogens with zero attached hydrogens (tertiary/aromatic N) is 1. The van der Waals surface area contributed by atoms with Crippen LogP contribution in [-0.2, 0) is 5.41 Å². The quantitative estimate of drug-likeness (QED) is 0.884. The maximum absolute atomic E-state index is 10.9. The van der Waals surface area contributed by atoms with Gasteiger partial charge in [-0.2, -0.15) is 0 Å². The highest BCUT2D eigenvalue weighted by Gasteiger charge is 2.51. The molecule has 0 amide bonds. The van der Waals surface area contributed by atoms with E-state index < -0.39 is 5.97 Å². The third kappa shape index (κ3) is 1.71. The monoisotopic (exact) mass is 257 g/mol. The fourth-order valence-electron chi connectivity index (χ4n) is 5.30. The standard InChI is InChI=1S/C16H19NO2/c18-15(19)14-2-1-13(9-17-14)16-6-10-3-11(7-16)5-12(4-10)8-16/h1-2,9-12H,3-8H2,(H,18,19). The van der Waals surface area contributed by atoms with E-state index in [4.69, 9.17) is 5.11 Å². The molecule has 4 saturated carbocycles.